The van der Waals surface area contributed by atoms with Crippen LogP contribution >= 0.6 is 0 Å². The molecule has 0 spiro atoms. The predicted octanol–water partition coefficient (Wildman–Crippen LogP) is 2.21. The van der Waals surface area contributed by atoms with Crippen LogP contribution in [-0.4, -0.2) is 57.1 Å². The fraction of sp³-hybridized carbons (Fsp3) is 0.316. The number of rotatable bonds is 5. The van der Waals surface area contributed by atoms with E-state index in [0.29, 0.717) is 37.5 Å². The molecule has 27 heavy (non-hydrogen) atoms. The van der Waals surface area contributed by atoms with E-state index in [-0.39, 0.29) is 10.5 Å². The molecule has 7 nitrogen and oxygen atoms in total. The number of nitrogens with zero attached hydrogens (tertiary/aromatic N) is 2. The van der Waals surface area contributed by atoms with Crippen LogP contribution < -0.4 is 9.64 Å². The Morgan fingerprint density at radius 3 is 2.37 bits per heavy atom. The molecule has 1 aliphatic rings. The average molecular weight is 390 g/mol. The van der Waals surface area contributed by atoms with Gasteiger partial charge in [0.2, 0.25) is 10.0 Å². The van der Waals surface area contributed by atoms with Gasteiger partial charge in [-0.05, 0) is 48.9 Å². The van der Waals surface area contributed by atoms with Crippen molar-refractivity contribution in [2.45, 2.75) is 11.8 Å². The smallest absolute Gasteiger partial charge is 0.335 e. The Hall–Kier alpha value is -2.58. The number of carboxylic acids is 1. The molecule has 1 N–H and O–H groups in total. The molecular formula is C19H22N2O5S. The summed E-state index contributed by atoms with van der Waals surface area (Å²) in [6, 6.07) is 11.6. The summed E-state index contributed by atoms with van der Waals surface area (Å²) in [5.74, 6) is -0.359. The van der Waals surface area contributed by atoms with Gasteiger partial charge in [0.1, 0.15) is 5.75 Å². The number of anilines is 1. The molecule has 0 atom stereocenters. The lowest BCUT2D eigenvalue weighted by atomic mass is 10.2. The number of benzene rings is 2. The van der Waals surface area contributed by atoms with Crippen LogP contribution in [0.25, 0.3) is 0 Å². The Balaban J connectivity index is 1.75. The molecule has 8 heteroatoms. The van der Waals surface area contributed by atoms with Gasteiger partial charge >= 0.3 is 5.97 Å². The number of aryl methyl sites for hydroxylation is 1. The van der Waals surface area contributed by atoms with Gasteiger partial charge in [-0.3, -0.25) is 0 Å². The van der Waals surface area contributed by atoms with E-state index in [1.807, 2.05) is 11.0 Å². The van der Waals surface area contributed by atoms with Crippen molar-refractivity contribution in [1.29, 1.82) is 0 Å². The van der Waals surface area contributed by atoms with Gasteiger partial charge in [-0.15, -0.1) is 0 Å². The highest BCUT2D eigenvalue weighted by Gasteiger charge is 2.30. The second-order valence-corrected chi connectivity index (χ2v) is 8.28. The fourth-order valence-corrected chi connectivity index (χ4v) is 4.83. The quantitative estimate of drug-likeness (QED) is 0.842. The Bertz CT molecular complexity index is 950. The monoisotopic (exact) mass is 390 g/mol. The zero-order valence-corrected chi connectivity index (χ0v) is 16.1. The van der Waals surface area contributed by atoms with Crippen LogP contribution in [0.1, 0.15) is 15.9 Å². The first kappa shape index (κ1) is 19.2. The molecule has 1 heterocycles. The summed E-state index contributed by atoms with van der Waals surface area (Å²) in [5.41, 5.74) is 1.65. The number of ether oxygens (including phenoxy) is 1. The molecule has 2 aromatic rings. The number of aromatic carboxylic acids is 1. The number of carboxylic acid groups (broad SMARTS) is 1. The number of methoxy groups -OCH3 is 1. The lowest BCUT2D eigenvalue weighted by Gasteiger charge is -2.35. The van der Waals surface area contributed by atoms with Crippen molar-refractivity contribution >= 4 is 21.7 Å². The van der Waals surface area contributed by atoms with Crippen LogP contribution in [-0.2, 0) is 10.0 Å². The van der Waals surface area contributed by atoms with Crippen molar-refractivity contribution in [3.8, 4) is 5.75 Å². The molecule has 2 aromatic carbocycles. The zero-order valence-electron chi connectivity index (χ0n) is 15.3. The minimum absolute atomic E-state index is 0.219. The summed E-state index contributed by atoms with van der Waals surface area (Å²) in [5, 5.41) is 9.13. The van der Waals surface area contributed by atoms with E-state index < -0.39 is 16.0 Å². The summed E-state index contributed by atoms with van der Waals surface area (Å²) < 4.78 is 32.6. The van der Waals surface area contributed by atoms with Crippen molar-refractivity contribution in [2.24, 2.45) is 0 Å². The molecule has 0 aromatic heterocycles. The number of sulfonamides is 1. The first-order valence-electron chi connectivity index (χ1n) is 8.56. The third-order valence-electron chi connectivity index (χ3n) is 4.70. The summed E-state index contributed by atoms with van der Waals surface area (Å²) in [6.07, 6.45) is 0. The molecule has 1 aliphatic heterocycles. The van der Waals surface area contributed by atoms with Gasteiger partial charge in [0, 0.05) is 31.9 Å². The second-order valence-electron chi connectivity index (χ2n) is 6.38. The second kappa shape index (κ2) is 7.58. The van der Waals surface area contributed by atoms with Gasteiger partial charge < -0.3 is 14.7 Å². The van der Waals surface area contributed by atoms with E-state index in [9.17, 15) is 13.2 Å². The molecular weight excluding hydrogens is 368 g/mol. The molecule has 0 aliphatic carbocycles. The predicted molar refractivity (Wildman–Crippen MR) is 102 cm³/mol. The third-order valence-corrected chi connectivity index (χ3v) is 6.76. The zero-order chi connectivity index (χ0) is 19.6. The molecule has 0 amide bonds. The van der Waals surface area contributed by atoms with E-state index in [0.717, 1.165) is 5.69 Å². The first-order chi connectivity index (χ1) is 12.8. The number of hydrogen-bond donors (Lipinski definition) is 1. The summed E-state index contributed by atoms with van der Waals surface area (Å²) >= 11 is 0. The number of piperazine rings is 1. The van der Waals surface area contributed by atoms with Crippen molar-refractivity contribution in [1.82, 2.24) is 4.31 Å². The summed E-state index contributed by atoms with van der Waals surface area (Å²) in [6.45, 7) is 3.42. The molecule has 0 radical (unpaired) electrons. The topological polar surface area (TPSA) is 87.2 Å². The van der Waals surface area contributed by atoms with Crippen molar-refractivity contribution < 1.29 is 23.1 Å². The lowest BCUT2D eigenvalue weighted by Crippen LogP contribution is -2.48. The molecule has 1 saturated heterocycles. The molecule has 0 saturated carbocycles. The molecule has 144 valence electrons. The van der Waals surface area contributed by atoms with E-state index >= 15 is 0 Å². The van der Waals surface area contributed by atoms with Crippen molar-refractivity contribution in [2.75, 3.05) is 38.2 Å². The molecule has 1 fully saturated rings. The standard InChI is InChI=1S/C19H22N2O5S/c1-14-12-17(26-2)6-7-18(14)27(24,25)21-10-8-20(9-11-21)16-5-3-4-15(13-16)19(22)23/h3-7,12-13H,8-11H2,1-2H3,(H,22,23). The average Bonchev–Trinajstić information content (AvgIpc) is 2.67. The van der Waals surface area contributed by atoms with Crippen LogP contribution in [0.15, 0.2) is 47.4 Å². The Kier molecular flexibility index (Phi) is 5.38. The fourth-order valence-electron chi connectivity index (χ4n) is 3.20. The summed E-state index contributed by atoms with van der Waals surface area (Å²) in [7, 11) is -2.04. The van der Waals surface area contributed by atoms with Crippen LogP contribution in [0, 0.1) is 6.92 Å². The normalized spacial score (nSPS) is 15.6. The minimum Gasteiger partial charge on any atom is -0.497 e. The van der Waals surface area contributed by atoms with Gasteiger partial charge in [0.25, 0.3) is 0 Å². The van der Waals surface area contributed by atoms with E-state index in [1.165, 1.54) is 4.31 Å². The van der Waals surface area contributed by atoms with Crippen molar-refractivity contribution in [3.05, 3.63) is 53.6 Å². The highest BCUT2D eigenvalue weighted by atomic mass is 32.2. The van der Waals surface area contributed by atoms with Crippen LogP contribution in [0.4, 0.5) is 5.69 Å². The number of carbonyl (C=O) groups is 1. The van der Waals surface area contributed by atoms with Gasteiger partial charge in [0.15, 0.2) is 0 Å². The Morgan fingerprint density at radius 1 is 1.07 bits per heavy atom. The largest absolute Gasteiger partial charge is 0.497 e. The number of hydrogen-bond acceptors (Lipinski definition) is 5. The van der Waals surface area contributed by atoms with Gasteiger partial charge in [-0.1, -0.05) is 6.07 Å². The maximum atomic E-state index is 13.0. The lowest BCUT2D eigenvalue weighted by molar-refractivity contribution is 0.0697. The first-order valence-corrected chi connectivity index (χ1v) is 10.00. The van der Waals surface area contributed by atoms with Crippen LogP contribution in [0.2, 0.25) is 0 Å². The molecule has 0 unspecified atom stereocenters. The molecule has 0 bridgehead atoms. The van der Waals surface area contributed by atoms with E-state index in [4.69, 9.17) is 9.84 Å². The Labute approximate surface area is 158 Å². The van der Waals surface area contributed by atoms with Gasteiger partial charge in [-0.2, -0.15) is 4.31 Å². The van der Waals surface area contributed by atoms with Gasteiger partial charge in [-0.25, -0.2) is 13.2 Å². The Morgan fingerprint density at radius 2 is 1.78 bits per heavy atom. The van der Waals surface area contributed by atoms with Crippen LogP contribution in [0.5, 0.6) is 5.75 Å². The maximum Gasteiger partial charge on any atom is 0.335 e. The highest BCUT2D eigenvalue weighted by molar-refractivity contribution is 7.89. The maximum absolute atomic E-state index is 13.0. The highest BCUT2D eigenvalue weighted by Crippen LogP contribution is 2.26. The molecule has 3 rings (SSSR count). The minimum atomic E-state index is -3.59. The van der Waals surface area contributed by atoms with Crippen LogP contribution in [0.3, 0.4) is 0 Å². The van der Waals surface area contributed by atoms with E-state index in [1.54, 1.807) is 50.4 Å². The van der Waals surface area contributed by atoms with Crippen molar-refractivity contribution in [3.63, 3.8) is 0 Å². The van der Waals surface area contributed by atoms with E-state index in [2.05, 4.69) is 0 Å². The van der Waals surface area contributed by atoms with Gasteiger partial charge in [0.05, 0.1) is 17.6 Å². The summed E-state index contributed by atoms with van der Waals surface area (Å²) in [4.78, 5) is 13.4. The SMILES string of the molecule is COc1ccc(S(=O)(=O)N2CCN(c3cccc(C(=O)O)c3)CC2)c(C)c1. The third kappa shape index (κ3) is 3.91.